The van der Waals surface area contributed by atoms with Crippen molar-refractivity contribution in [2.75, 3.05) is 13.1 Å². The first-order valence-electron chi connectivity index (χ1n) is 10.4. The van der Waals surface area contributed by atoms with Gasteiger partial charge >= 0.3 is 5.69 Å². The molecule has 0 unspecified atom stereocenters. The molecule has 2 fully saturated rings. The third-order valence-corrected chi connectivity index (χ3v) is 7.90. The minimum absolute atomic E-state index is 0.000143. The van der Waals surface area contributed by atoms with Gasteiger partial charge in [-0.15, -0.1) is 0 Å². The van der Waals surface area contributed by atoms with E-state index in [4.69, 9.17) is 0 Å². The zero-order chi connectivity index (χ0) is 21.0. The van der Waals surface area contributed by atoms with Gasteiger partial charge in [0, 0.05) is 24.8 Å². The number of hydrogen-bond acceptors (Lipinski definition) is 5. The first kappa shape index (κ1) is 21.8. The van der Waals surface area contributed by atoms with Crippen LogP contribution in [0, 0.1) is 12.8 Å². The lowest BCUT2D eigenvalue weighted by Gasteiger charge is -2.32. The van der Waals surface area contributed by atoms with E-state index in [1.54, 1.807) is 0 Å². The van der Waals surface area contributed by atoms with Crippen molar-refractivity contribution < 1.29 is 13.2 Å². The highest BCUT2D eigenvalue weighted by Gasteiger charge is 2.36. The first-order chi connectivity index (χ1) is 13.8. The van der Waals surface area contributed by atoms with E-state index in [0.29, 0.717) is 12.8 Å². The number of hydrogen-bond donors (Lipinski definition) is 3. The summed E-state index contributed by atoms with van der Waals surface area (Å²) in [5.74, 6) is -0.548. The van der Waals surface area contributed by atoms with Crippen LogP contribution in [0.4, 0.5) is 0 Å². The number of aryl methyl sites for hydroxylation is 1. The number of carbonyl (C=O) groups is 1. The maximum absolute atomic E-state index is 13.0. The number of H-pyrrole nitrogens is 2. The number of piperidine rings is 1. The fourth-order valence-corrected chi connectivity index (χ4v) is 6.05. The summed E-state index contributed by atoms with van der Waals surface area (Å²) in [5.41, 5.74) is -1.69. The van der Waals surface area contributed by atoms with Crippen molar-refractivity contribution in [3.8, 4) is 0 Å². The fraction of sp³-hybridized carbons (Fsp3) is 0.737. The highest BCUT2D eigenvalue weighted by atomic mass is 32.2. The van der Waals surface area contributed by atoms with E-state index in [2.05, 4.69) is 10.3 Å². The van der Waals surface area contributed by atoms with Crippen molar-refractivity contribution in [1.29, 1.82) is 0 Å². The standard InChI is InChI=1S/C19H30N4O5S/c1-13-16(18(25)22-19(26)20-13)29(27,28)23-11-7-8-14(12-23)17(24)21-15-9-5-3-2-4-6-10-15/h14-15H,2-12H2,1H3,(H,21,24)(H2,20,22,25,26)/t14-/m0/s1. The van der Waals surface area contributed by atoms with Gasteiger partial charge in [-0.3, -0.25) is 14.6 Å². The van der Waals surface area contributed by atoms with E-state index < -0.39 is 32.1 Å². The second kappa shape index (κ2) is 9.25. The zero-order valence-corrected chi connectivity index (χ0v) is 17.6. The van der Waals surface area contributed by atoms with Crippen molar-refractivity contribution in [2.45, 2.75) is 75.6 Å². The predicted molar refractivity (Wildman–Crippen MR) is 108 cm³/mol. The maximum Gasteiger partial charge on any atom is 0.325 e. The van der Waals surface area contributed by atoms with Gasteiger partial charge in [-0.1, -0.05) is 32.1 Å². The van der Waals surface area contributed by atoms with Crippen molar-refractivity contribution in [2.24, 2.45) is 5.92 Å². The lowest BCUT2D eigenvalue weighted by atomic mass is 9.94. The van der Waals surface area contributed by atoms with Crippen LogP contribution < -0.4 is 16.6 Å². The van der Waals surface area contributed by atoms with E-state index in [1.165, 1.54) is 30.5 Å². The Bertz CT molecular complexity index is 944. The Morgan fingerprint density at radius 2 is 1.66 bits per heavy atom. The molecule has 1 saturated carbocycles. The highest BCUT2D eigenvalue weighted by molar-refractivity contribution is 7.89. The Hall–Kier alpha value is -1.94. The summed E-state index contributed by atoms with van der Waals surface area (Å²) >= 11 is 0. The third kappa shape index (κ3) is 5.16. The number of sulfonamides is 1. The molecule has 2 heterocycles. The van der Waals surface area contributed by atoms with Crippen LogP contribution >= 0.6 is 0 Å². The van der Waals surface area contributed by atoms with Crippen LogP contribution in [0.15, 0.2) is 14.5 Å². The van der Waals surface area contributed by atoms with E-state index in [1.807, 2.05) is 4.98 Å². The number of rotatable bonds is 4. The molecule has 1 aliphatic carbocycles. The smallest absolute Gasteiger partial charge is 0.325 e. The van der Waals surface area contributed by atoms with Gasteiger partial charge in [-0.25, -0.2) is 13.2 Å². The van der Waals surface area contributed by atoms with Gasteiger partial charge in [0.2, 0.25) is 15.9 Å². The van der Waals surface area contributed by atoms with Crippen molar-refractivity contribution in [3.05, 3.63) is 26.5 Å². The molecule has 2 aliphatic rings. The predicted octanol–water partition coefficient (Wildman–Crippen LogP) is 1.00. The largest absolute Gasteiger partial charge is 0.353 e. The fourth-order valence-electron chi connectivity index (χ4n) is 4.32. The summed E-state index contributed by atoms with van der Waals surface area (Å²) in [6.07, 6.45) is 8.92. The van der Waals surface area contributed by atoms with Gasteiger partial charge in [0.15, 0.2) is 4.90 Å². The van der Waals surface area contributed by atoms with Gasteiger partial charge in [-0.2, -0.15) is 4.31 Å². The van der Waals surface area contributed by atoms with Crippen LogP contribution in [-0.2, 0) is 14.8 Å². The van der Waals surface area contributed by atoms with Gasteiger partial charge in [0.1, 0.15) is 0 Å². The van der Waals surface area contributed by atoms with E-state index in [0.717, 1.165) is 25.7 Å². The van der Waals surface area contributed by atoms with Crippen molar-refractivity contribution >= 4 is 15.9 Å². The molecule has 0 spiro atoms. The van der Waals surface area contributed by atoms with Crippen molar-refractivity contribution in [1.82, 2.24) is 19.6 Å². The van der Waals surface area contributed by atoms with Gasteiger partial charge in [0.25, 0.3) is 5.56 Å². The van der Waals surface area contributed by atoms with Gasteiger partial charge < -0.3 is 10.3 Å². The Morgan fingerprint density at radius 1 is 1.00 bits per heavy atom. The molecule has 3 rings (SSSR count). The number of aromatic amines is 2. The second-order valence-corrected chi connectivity index (χ2v) is 9.99. The molecule has 0 radical (unpaired) electrons. The number of amides is 1. The average Bonchev–Trinajstić information content (AvgIpc) is 2.62. The number of carbonyl (C=O) groups excluding carboxylic acids is 1. The van der Waals surface area contributed by atoms with Crippen LogP contribution in [0.1, 0.15) is 63.5 Å². The van der Waals surface area contributed by atoms with Gasteiger partial charge in [0.05, 0.1) is 5.92 Å². The Labute approximate surface area is 170 Å². The molecule has 1 saturated heterocycles. The molecule has 1 aromatic rings. The highest BCUT2D eigenvalue weighted by Crippen LogP contribution is 2.24. The minimum atomic E-state index is -4.11. The topological polar surface area (TPSA) is 132 Å². The number of nitrogens with zero attached hydrogens (tertiary/aromatic N) is 1. The molecule has 1 aromatic heterocycles. The molecular formula is C19H30N4O5S. The molecule has 1 aliphatic heterocycles. The van der Waals surface area contributed by atoms with E-state index in [-0.39, 0.29) is 30.7 Å². The second-order valence-electron chi connectivity index (χ2n) is 8.12. The lowest BCUT2D eigenvalue weighted by molar-refractivity contribution is -0.126. The summed E-state index contributed by atoms with van der Waals surface area (Å²) in [5, 5.41) is 3.12. The van der Waals surface area contributed by atoms with Crippen LogP contribution in [0.5, 0.6) is 0 Å². The molecule has 1 atom stereocenters. The number of nitrogens with one attached hydrogen (secondary N) is 3. The molecule has 0 aromatic carbocycles. The quantitative estimate of drug-likeness (QED) is 0.661. The van der Waals surface area contributed by atoms with Crippen molar-refractivity contribution in [3.63, 3.8) is 0 Å². The molecule has 162 valence electrons. The average molecular weight is 427 g/mol. The normalized spacial score (nSPS) is 22.6. The van der Waals surface area contributed by atoms with Crippen LogP contribution in [0.3, 0.4) is 0 Å². The summed E-state index contributed by atoms with van der Waals surface area (Å²) in [4.78, 5) is 40.1. The van der Waals surface area contributed by atoms with Crippen LogP contribution in [0.25, 0.3) is 0 Å². The lowest BCUT2D eigenvalue weighted by Crippen LogP contribution is -2.48. The third-order valence-electron chi connectivity index (χ3n) is 5.88. The molecule has 9 nitrogen and oxygen atoms in total. The molecule has 1 amide bonds. The molecule has 0 bridgehead atoms. The minimum Gasteiger partial charge on any atom is -0.353 e. The number of aromatic nitrogens is 2. The first-order valence-corrected chi connectivity index (χ1v) is 11.9. The van der Waals surface area contributed by atoms with E-state index in [9.17, 15) is 22.8 Å². The molecule has 10 heteroatoms. The summed E-state index contributed by atoms with van der Waals surface area (Å²) in [6, 6.07) is 0.152. The maximum atomic E-state index is 13.0. The Morgan fingerprint density at radius 3 is 2.31 bits per heavy atom. The van der Waals surface area contributed by atoms with Gasteiger partial charge in [-0.05, 0) is 32.6 Å². The summed E-state index contributed by atoms with van der Waals surface area (Å²) < 4.78 is 27.3. The molecule has 29 heavy (non-hydrogen) atoms. The summed E-state index contributed by atoms with van der Waals surface area (Å²) in [7, 11) is -4.11. The van der Waals surface area contributed by atoms with E-state index >= 15 is 0 Å². The monoisotopic (exact) mass is 426 g/mol. The Balaban J connectivity index is 1.72. The van der Waals surface area contributed by atoms with Crippen LogP contribution in [0.2, 0.25) is 0 Å². The zero-order valence-electron chi connectivity index (χ0n) is 16.8. The van der Waals surface area contributed by atoms with Crippen LogP contribution in [-0.4, -0.2) is 47.7 Å². The molecular weight excluding hydrogens is 396 g/mol. The Kier molecular flexibility index (Phi) is 6.94. The summed E-state index contributed by atoms with van der Waals surface area (Å²) in [6.45, 7) is 1.67. The SMILES string of the molecule is Cc1[nH]c(=O)[nH]c(=O)c1S(=O)(=O)N1CCC[C@H](C(=O)NC2CCCCCCC2)C1. The molecule has 3 N–H and O–H groups in total.